The smallest absolute Gasteiger partial charge is 0.213 e. The number of benzene rings is 2. The number of aromatic nitrogens is 2. The van der Waals surface area contributed by atoms with E-state index in [1.807, 2.05) is 79.9 Å². The van der Waals surface area contributed by atoms with Crippen LogP contribution >= 0.6 is 0 Å². The fourth-order valence-electron chi connectivity index (χ4n) is 9.68. The molecule has 4 aromatic rings. The molecule has 274 valence electrons. The minimum absolute atomic E-state index is 0.0504. The number of allylic oxidation sites excluding steroid dienone is 8. The summed E-state index contributed by atoms with van der Waals surface area (Å²) in [5.74, 6) is 0.474. The normalized spacial score (nSPS) is 21.1. The van der Waals surface area contributed by atoms with Crippen LogP contribution < -0.4 is 4.74 Å². The van der Waals surface area contributed by atoms with Gasteiger partial charge in [0.25, 0.3) is 0 Å². The van der Waals surface area contributed by atoms with Gasteiger partial charge in [0.15, 0.2) is 23.1 Å². The predicted octanol–water partition coefficient (Wildman–Crippen LogP) is 9.50. The molecule has 2 heterocycles. The number of fused-ring (bicyclic) bond motifs is 4. The molecule has 6 aliphatic rings. The first-order chi connectivity index (χ1) is 26.9. The van der Waals surface area contributed by atoms with Crippen molar-refractivity contribution in [2.24, 2.45) is 0 Å². The average Bonchev–Trinajstić information content (AvgIpc) is 3.67. The third kappa shape index (κ3) is 5.79. The van der Waals surface area contributed by atoms with Crippen molar-refractivity contribution in [1.29, 1.82) is 0 Å². The second-order valence-corrected chi connectivity index (χ2v) is 15.1. The van der Waals surface area contributed by atoms with Gasteiger partial charge in [-0.1, -0.05) is 78.7 Å². The van der Waals surface area contributed by atoms with Gasteiger partial charge in [0.05, 0.1) is 6.61 Å². The van der Waals surface area contributed by atoms with Crippen molar-refractivity contribution in [2.45, 2.75) is 83.5 Å². The van der Waals surface area contributed by atoms with Crippen molar-refractivity contribution in [3.63, 3.8) is 0 Å². The number of ketones is 4. The molecule has 2 unspecified atom stereocenters. The first kappa shape index (κ1) is 34.9. The number of aryl methyl sites for hydroxylation is 1. The van der Waals surface area contributed by atoms with Crippen molar-refractivity contribution in [3.8, 4) is 5.88 Å². The summed E-state index contributed by atoms with van der Waals surface area (Å²) in [5, 5.41) is 0. The number of rotatable bonds is 5. The van der Waals surface area contributed by atoms with Gasteiger partial charge in [-0.3, -0.25) is 24.2 Å². The van der Waals surface area contributed by atoms with E-state index in [1.165, 1.54) is 11.1 Å². The first-order valence-electron chi connectivity index (χ1n) is 19.7. The molecule has 0 saturated carbocycles. The van der Waals surface area contributed by atoms with Gasteiger partial charge in [0.1, 0.15) is 0 Å². The van der Waals surface area contributed by atoms with Crippen LogP contribution in [0.15, 0.2) is 119 Å². The van der Waals surface area contributed by atoms with E-state index < -0.39 is 0 Å². The quantitative estimate of drug-likeness (QED) is 0.202. The van der Waals surface area contributed by atoms with Gasteiger partial charge in [-0.15, -0.1) is 0 Å². The van der Waals surface area contributed by atoms with Gasteiger partial charge in [-0.25, -0.2) is 4.98 Å². The van der Waals surface area contributed by atoms with Crippen LogP contribution in [0, 0.1) is 0 Å². The standard InChI is InChI=1S/C24H21NO3.C24H21NO2/c1-2-28-20-11-10-15(13-25-20)22-21-14(6-5-9-19(21)26)12-18-16-7-3-4-8-17(16)24(27)23(18)22;1-2-16-11-10-15(13-25-16)22-21-14(6-5-9-20(21)26)12-19-17-7-3-4-8-18(17)24(27)23(19)22/h3-4,7-8,10-11,13,22H,2,5-6,9,12H2,1H3;3-4,7-8,10-11,13,22H,2,5-6,9,12H2,1H3. The largest absolute Gasteiger partial charge is 0.478 e. The average molecular weight is 727 g/mol. The lowest BCUT2D eigenvalue weighted by molar-refractivity contribution is -0.117. The number of nitrogens with zero attached hydrogens (tertiary/aromatic N) is 2. The summed E-state index contributed by atoms with van der Waals surface area (Å²) in [5.41, 5.74) is 14.4. The SMILES string of the molecule is CCOc1ccc(C2C3=C(CCCC3=O)CC3=C2C(=O)c2ccccc23)cn1.CCc1ccc(C2C3=C(CCCC3=O)CC3=C2C(=O)c2ccccc23)cn1. The van der Waals surface area contributed by atoms with Crippen LogP contribution in [0.2, 0.25) is 0 Å². The number of hydrogen-bond donors (Lipinski definition) is 0. The highest BCUT2D eigenvalue weighted by molar-refractivity contribution is 6.25. The zero-order valence-corrected chi connectivity index (χ0v) is 31.2. The van der Waals surface area contributed by atoms with Gasteiger partial charge in [0.2, 0.25) is 5.88 Å². The highest BCUT2D eigenvalue weighted by Crippen LogP contribution is 2.54. The lowest BCUT2D eigenvalue weighted by atomic mass is 9.70. The lowest BCUT2D eigenvalue weighted by Crippen LogP contribution is -2.25. The van der Waals surface area contributed by atoms with Crippen LogP contribution in [-0.2, 0) is 16.0 Å². The van der Waals surface area contributed by atoms with Gasteiger partial charge in [0, 0.05) is 82.3 Å². The van der Waals surface area contributed by atoms with Gasteiger partial charge >= 0.3 is 0 Å². The van der Waals surface area contributed by atoms with Crippen molar-refractivity contribution in [1.82, 2.24) is 9.97 Å². The van der Waals surface area contributed by atoms with Crippen LogP contribution in [0.25, 0.3) is 11.1 Å². The highest BCUT2D eigenvalue weighted by atomic mass is 16.5. The molecule has 2 atom stereocenters. The van der Waals surface area contributed by atoms with Crippen LogP contribution in [0.1, 0.15) is 126 Å². The molecule has 55 heavy (non-hydrogen) atoms. The maximum absolute atomic E-state index is 13.3. The third-order valence-electron chi connectivity index (χ3n) is 12.1. The maximum atomic E-state index is 13.3. The van der Waals surface area contributed by atoms with Gasteiger partial charge < -0.3 is 4.74 Å². The molecule has 0 spiro atoms. The van der Waals surface area contributed by atoms with E-state index in [0.717, 1.165) is 111 Å². The molecular weight excluding hydrogens is 685 g/mol. The van der Waals surface area contributed by atoms with Crippen molar-refractivity contribution in [2.75, 3.05) is 6.61 Å². The first-order valence-corrected chi connectivity index (χ1v) is 19.7. The molecular formula is C48H42N2O5. The van der Waals surface area contributed by atoms with Gasteiger partial charge in [-0.2, -0.15) is 0 Å². The van der Waals surface area contributed by atoms with E-state index in [4.69, 9.17) is 4.74 Å². The van der Waals surface area contributed by atoms with E-state index in [2.05, 4.69) is 23.0 Å². The van der Waals surface area contributed by atoms with E-state index in [1.54, 1.807) is 6.20 Å². The molecule has 2 aromatic heterocycles. The molecule has 0 N–H and O–H groups in total. The second kappa shape index (κ2) is 14.1. The number of hydrogen-bond acceptors (Lipinski definition) is 7. The molecule has 10 rings (SSSR count). The zero-order valence-electron chi connectivity index (χ0n) is 31.2. The third-order valence-corrected chi connectivity index (χ3v) is 12.1. The Labute approximate surface area is 321 Å². The summed E-state index contributed by atoms with van der Waals surface area (Å²) in [6.45, 7) is 4.54. The molecule has 7 heteroatoms. The van der Waals surface area contributed by atoms with Crippen LogP contribution in [0.3, 0.4) is 0 Å². The summed E-state index contributed by atoms with van der Waals surface area (Å²) in [6, 6.07) is 23.5. The monoisotopic (exact) mass is 726 g/mol. The number of ether oxygens (including phenoxy) is 1. The molecule has 0 aliphatic heterocycles. The van der Waals surface area contributed by atoms with E-state index >= 15 is 0 Å². The predicted molar refractivity (Wildman–Crippen MR) is 211 cm³/mol. The Balaban J connectivity index is 0.000000144. The molecule has 0 saturated heterocycles. The maximum Gasteiger partial charge on any atom is 0.213 e. The zero-order chi connectivity index (χ0) is 37.8. The van der Waals surface area contributed by atoms with E-state index in [0.29, 0.717) is 31.7 Å². The summed E-state index contributed by atoms with van der Waals surface area (Å²) in [7, 11) is 0. The van der Waals surface area contributed by atoms with Crippen LogP contribution in [-0.4, -0.2) is 39.7 Å². The summed E-state index contributed by atoms with van der Waals surface area (Å²) < 4.78 is 5.47. The number of pyridine rings is 2. The number of carbonyl (C=O) groups excluding carboxylic acids is 4. The molecule has 0 radical (unpaired) electrons. The highest BCUT2D eigenvalue weighted by Gasteiger charge is 2.45. The minimum atomic E-state index is -0.324. The molecule has 0 amide bonds. The fourth-order valence-corrected chi connectivity index (χ4v) is 9.68. The Hall–Kier alpha value is -5.82. The molecule has 0 bridgehead atoms. The van der Waals surface area contributed by atoms with E-state index in [-0.39, 0.29) is 35.0 Å². The molecule has 0 fully saturated rings. The Bertz CT molecular complexity index is 2440. The summed E-state index contributed by atoms with van der Waals surface area (Å²) >= 11 is 0. The molecule has 7 nitrogen and oxygen atoms in total. The molecule has 6 aliphatic carbocycles. The second-order valence-electron chi connectivity index (χ2n) is 15.1. The Morgan fingerprint density at radius 2 is 1.05 bits per heavy atom. The molecule has 2 aromatic carbocycles. The Morgan fingerprint density at radius 3 is 1.49 bits per heavy atom. The number of carbonyl (C=O) groups is 4. The minimum Gasteiger partial charge on any atom is -0.478 e. The Morgan fingerprint density at radius 1 is 0.564 bits per heavy atom. The van der Waals surface area contributed by atoms with Crippen LogP contribution in [0.4, 0.5) is 0 Å². The summed E-state index contributed by atoms with van der Waals surface area (Å²) in [6.07, 6.45) is 10.8. The van der Waals surface area contributed by atoms with Crippen molar-refractivity contribution < 1.29 is 23.9 Å². The van der Waals surface area contributed by atoms with Gasteiger partial charge in [-0.05, 0) is 91.3 Å². The van der Waals surface area contributed by atoms with Crippen molar-refractivity contribution in [3.05, 3.63) is 158 Å². The van der Waals surface area contributed by atoms with Crippen LogP contribution in [0.5, 0.6) is 5.88 Å². The van der Waals surface area contributed by atoms with Crippen molar-refractivity contribution >= 4 is 34.3 Å². The Kier molecular flexibility index (Phi) is 8.96. The fraction of sp³-hybridized carbons (Fsp3) is 0.292. The summed E-state index contributed by atoms with van der Waals surface area (Å²) in [4.78, 5) is 61.4. The number of Topliss-reactive ketones (excluding diaryl/α,β-unsaturated/α-hetero) is 4. The lowest BCUT2D eigenvalue weighted by Gasteiger charge is -2.32. The van der Waals surface area contributed by atoms with E-state index in [9.17, 15) is 19.2 Å². The topological polar surface area (TPSA) is 103 Å².